The fraction of sp³-hybridized carbons (Fsp3) is 0.647. The van der Waals surface area contributed by atoms with Crippen molar-refractivity contribution in [2.75, 3.05) is 11.9 Å². The summed E-state index contributed by atoms with van der Waals surface area (Å²) in [6.07, 6.45) is -11.8. The van der Waals surface area contributed by atoms with Gasteiger partial charge in [0.2, 0.25) is 0 Å². The van der Waals surface area contributed by atoms with Gasteiger partial charge in [-0.25, -0.2) is 0 Å². The molecule has 0 aromatic heterocycles. The van der Waals surface area contributed by atoms with E-state index in [0.29, 0.717) is 18.2 Å². The molecule has 0 N–H and O–H groups in total. The van der Waals surface area contributed by atoms with Crippen molar-refractivity contribution in [2.45, 2.75) is 177 Å². The van der Waals surface area contributed by atoms with E-state index < -0.39 is 116 Å². The molecule has 5 fully saturated rings. The van der Waals surface area contributed by atoms with Gasteiger partial charge in [0.15, 0.2) is 18.9 Å². The van der Waals surface area contributed by atoms with E-state index in [0.717, 1.165) is 16.7 Å². The Morgan fingerprint density at radius 3 is 1.57 bits per heavy atom. The van der Waals surface area contributed by atoms with Crippen LogP contribution in [0, 0.1) is 17.8 Å². The normalized spacial score (nSPS) is 36.6. The van der Waals surface area contributed by atoms with Crippen LogP contribution in [0.4, 0.5) is 0 Å². The van der Waals surface area contributed by atoms with Crippen molar-refractivity contribution in [1.82, 2.24) is 0 Å². The van der Waals surface area contributed by atoms with Crippen molar-refractivity contribution >= 4 is 15.9 Å². The van der Waals surface area contributed by atoms with Crippen LogP contribution in [0.1, 0.15) is 63.6 Å². The minimum Gasteiger partial charge on any atom is -0.373 e. The van der Waals surface area contributed by atoms with Crippen molar-refractivity contribution in [1.29, 1.82) is 0 Å². The van der Waals surface area contributed by atoms with Gasteiger partial charge < -0.3 is 47.4 Å². The fourth-order valence-corrected chi connectivity index (χ4v) is 11.6. The van der Waals surface area contributed by atoms with Gasteiger partial charge in [-0.2, -0.15) is 0 Å². The molecular formula is C51H64BrN15O10. The van der Waals surface area contributed by atoms with E-state index in [4.69, 9.17) is 47.4 Å². The Bertz CT molecular complexity index is 2610. The third-order valence-electron chi connectivity index (χ3n) is 15.1. The highest BCUT2D eigenvalue weighted by Crippen LogP contribution is 2.44. The van der Waals surface area contributed by atoms with E-state index in [9.17, 15) is 27.7 Å². The van der Waals surface area contributed by atoms with Crippen LogP contribution in [0.15, 0.2) is 117 Å². The summed E-state index contributed by atoms with van der Waals surface area (Å²) < 4.78 is 68.2. The van der Waals surface area contributed by atoms with E-state index in [-0.39, 0.29) is 44.8 Å². The summed E-state index contributed by atoms with van der Waals surface area (Å²) in [5.74, 6) is -0.828. The lowest BCUT2D eigenvalue weighted by molar-refractivity contribution is -0.323. The molecule has 0 amide bonds. The van der Waals surface area contributed by atoms with Gasteiger partial charge in [0.25, 0.3) is 0 Å². The van der Waals surface area contributed by atoms with Gasteiger partial charge in [0.05, 0.1) is 93.3 Å². The van der Waals surface area contributed by atoms with Crippen LogP contribution in [0.2, 0.25) is 0 Å². The predicted molar refractivity (Wildman–Crippen MR) is 281 cm³/mol. The zero-order valence-electron chi connectivity index (χ0n) is 43.1. The average molecular weight is 1130 g/mol. The Hall–Kier alpha value is -5.71. The average Bonchev–Trinajstić information content (AvgIpc) is 3.82. The molecule has 3 aromatic carbocycles. The van der Waals surface area contributed by atoms with E-state index in [1.807, 2.05) is 112 Å². The number of rotatable bonds is 23. The molecule has 0 bridgehead atoms. The summed E-state index contributed by atoms with van der Waals surface area (Å²) in [5, 5.41) is 21.3. The number of hydrogen-bond acceptors (Lipinski definition) is 15. The summed E-state index contributed by atoms with van der Waals surface area (Å²) >= 11 is 3.57. The third kappa shape index (κ3) is 14.0. The largest absolute Gasteiger partial charge is 0.373 e. The van der Waals surface area contributed by atoms with Crippen LogP contribution in [0.5, 0.6) is 0 Å². The third-order valence-corrected chi connectivity index (χ3v) is 15.8. The molecule has 0 spiro atoms. The molecule has 21 atom stereocenters. The number of ether oxygens (including phenoxy) is 10. The van der Waals surface area contributed by atoms with Crippen LogP contribution >= 0.6 is 15.9 Å². The number of fused-ring (bicyclic) bond motifs is 1. The number of benzene rings is 3. The van der Waals surface area contributed by atoms with Crippen LogP contribution in [0.25, 0.3) is 52.2 Å². The first kappa shape index (κ1) is 57.5. The van der Waals surface area contributed by atoms with Crippen molar-refractivity contribution in [3.63, 3.8) is 0 Å². The maximum absolute atomic E-state index is 10.2. The monoisotopic (exact) mass is 1130 g/mol. The Kier molecular flexibility index (Phi) is 21.1. The first-order valence-corrected chi connectivity index (χ1v) is 27.0. The molecule has 1 saturated carbocycles. The molecule has 9 unspecified atom stereocenters. The maximum atomic E-state index is 10.2. The van der Waals surface area contributed by atoms with Gasteiger partial charge in [-0.15, -0.1) is 0 Å². The van der Waals surface area contributed by atoms with E-state index in [1.165, 1.54) is 0 Å². The molecular weight excluding hydrogens is 1060 g/mol. The maximum Gasteiger partial charge on any atom is 0.187 e. The Morgan fingerprint density at radius 1 is 0.506 bits per heavy atom. The molecule has 0 radical (unpaired) electrons. The summed E-state index contributed by atoms with van der Waals surface area (Å²) in [6, 6.07) is 24.3. The van der Waals surface area contributed by atoms with E-state index in [1.54, 1.807) is 0 Å². The highest BCUT2D eigenvalue weighted by atomic mass is 79.9. The molecule has 410 valence electrons. The van der Waals surface area contributed by atoms with E-state index >= 15 is 0 Å². The van der Waals surface area contributed by atoms with Gasteiger partial charge in [0.1, 0.15) is 24.4 Å². The first-order valence-electron chi connectivity index (χ1n) is 25.9. The Labute approximate surface area is 453 Å². The quantitative estimate of drug-likeness (QED) is 0.0374. The van der Waals surface area contributed by atoms with Gasteiger partial charge in [-0.1, -0.05) is 160 Å². The molecule has 3 aromatic rings. The molecule has 26 heteroatoms. The molecule has 77 heavy (non-hydrogen) atoms. The summed E-state index contributed by atoms with van der Waals surface area (Å²) in [4.78, 5) is 15.8. The van der Waals surface area contributed by atoms with Crippen molar-refractivity contribution in [3.05, 3.63) is 160 Å². The molecule has 4 aliphatic heterocycles. The smallest absolute Gasteiger partial charge is 0.187 e. The minimum atomic E-state index is -1.31. The summed E-state index contributed by atoms with van der Waals surface area (Å²) in [6.45, 7) is 7.95. The SMILES string of the molecule is CC[C@H]1O[C@@H](O[C@@H]2C(OCc3ccccc3)[C@H](N=[N+]=[N-])CC(N=[N+]=[N-])[C@H]2O[C@H]2OC3C(C)CC(CBr)O[C@H]3[C@H](C)C2N=[N+]=[N-])C(OCc2ccccc2)[C@H]1O[C@H]1OC(CN=[N+]=[N-])[C@@H](C)[C@@H](OCc2ccccc2)C1N=[N+]=[N-]. The lowest BCUT2D eigenvalue weighted by Gasteiger charge is -2.52. The molecule has 25 nitrogen and oxygen atoms in total. The van der Waals surface area contributed by atoms with Crippen molar-refractivity contribution in [3.8, 4) is 0 Å². The zero-order chi connectivity index (χ0) is 54.3. The predicted octanol–water partition coefficient (Wildman–Crippen LogP) is 11.4. The molecule has 4 saturated heterocycles. The number of alkyl halides is 1. The molecule has 8 rings (SSSR count). The van der Waals surface area contributed by atoms with Gasteiger partial charge in [-0.3, -0.25) is 0 Å². The number of azide groups is 5. The number of nitrogens with zero attached hydrogens (tertiary/aromatic N) is 15. The number of halogens is 1. The molecule has 4 heterocycles. The lowest BCUT2D eigenvalue weighted by atomic mass is 9.80. The van der Waals surface area contributed by atoms with Crippen molar-refractivity contribution < 1.29 is 47.4 Å². The number of hydrogen-bond donors (Lipinski definition) is 0. The highest BCUT2D eigenvalue weighted by Gasteiger charge is 2.57. The van der Waals surface area contributed by atoms with Gasteiger partial charge in [0, 0.05) is 35.8 Å². The van der Waals surface area contributed by atoms with E-state index in [2.05, 4.69) is 73.0 Å². The second-order valence-corrected chi connectivity index (χ2v) is 20.6. The summed E-state index contributed by atoms with van der Waals surface area (Å²) in [7, 11) is 0. The summed E-state index contributed by atoms with van der Waals surface area (Å²) in [5.41, 5.74) is 52.2. The fourth-order valence-electron chi connectivity index (χ4n) is 11.2. The minimum absolute atomic E-state index is 0.00618. The molecule has 1 aliphatic carbocycles. The highest BCUT2D eigenvalue weighted by molar-refractivity contribution is 9.09. The second kappa shape index (κ2) is 28.3. The first-order chi connectivity index (χ1) is 37.6. The van der Waals surface area contributed by atoms with Crippen LogP contribution in [-0.4, -0.2) is 122 Å². The van der Waals surface area contributed by atoms with Crippen LogP contribution < -0.4 is 0 Å². The standard InChI is InChI=1S/C51H64BrN15O10/c1-5-37-46(76-50-40(62-67-57)42(29(3)38(73-50)24-58-63-53)68-25-31-15-9-6-10-16-31)48(70-27-33-19-13-8-14-20-33)51(72-37)77-47-44(69-26-32-17-11-7-12-18-32)35(59-64-54)22-36(60-65-55)45(47)75-49-39(61-66-56)30(4)43-41(74-49)28(2)21-34(23-52)71-43/h6-20,28-30,34-51H,5,21-27H2,1-4H3/t28?,29-,30-,34?,35-,36?,37-,38?,39?,40?,41?,42-,43+,44?,45-,46+,47-,48?,49-,50-,51+/m1/s1. The van der Waals surface area contributed by atoms with Crippen LogP contribution in [-0.2, 0) is 67.2 Å². The Balaban J connectivity index is 1.19. The van der Waals surface area contributed by atoms with Crippen molar-refractivity contribution in [2.24, 2.45) is 43.3 Å². The Morgan fingerprint density at radius 2 is 1.01 bits per heavy atom. The lowest BCUT2D eigenvalue weighted by Crippen LogP contribution is -2.64. The second-order valence-electron chi connectivity index (χ2n) is 19.9. The molecule has 5 aliphatic rings. The van der Waals surface area contributed by atoms with Gasteiger partial charge >= 0.3 is 0 Å². The zero-order valence-corrected chi connectivity index (χ0v) is 44.7. The topological polar surface area (TPSA) is 336 Å². The van der Waals surface area contributed by atoms with Crippen LogP contribution in [0.3, 0.4) is 0 Å². The van der Waals surface area contributed by atoms with Gasteiger partial charge in [-0.05, 0) is 75.4 Å².